The summed E-state index contributed by atoms with van der Waals surface area (Å²) in [6.07, 6.45) is 1.58. The van der Waals surface area contributed by atoms with Crippen LogP contribution in [0.15, 0.2) is 11.6 Å². The molecule has 0 rings (SSSR count). The molecule has 72 valence electrons. The van der Waals surface area contributed by atoms with Crippen molar-refractivity contribution in [1.82, 2.24) is 0 Å². The SMILES string of the molecule is CC(=N)C(=N)/C=C(\C)C(C)C(C)=O. The smallest absolute Gasteiger partial charge is 0.136 e. The van der Waals surface area contributed by atoms with Gasteiger partial charge in [-0.2, -0.15) is 0 Å². The van der Waals surface area contributed by atoms with Gasteiger partial charge in [0.2, 0.25) is 0 Å². The lowest BCUT2D eigenvalue weighted by Crippen LogP contribution is -2.11. The molecule has 0 aliphatic heterocycles. The molecule has 0 fully saturated rings. The van der Waals surface area contributed by atoms with Gasteiger partial charge >= 0.3 is 0 Å². The van der Waals surface area contributed by atoms with Gasteiger partial charge in [0.1, 0.15) is 5.78 Å². The average Bonchev–Trinajstić information content (AvgIpc) is 2.02. The standard InChI is InChI=1S/C10H16N2O/c1-6(7(2)9(4)13)5-10(12)8(3)11/h5,7,11-12H,1-4H3/b6-5+,11-8?,12-10?. The van der Waals surface area contributed by atoms with Crippen LogP contribution in [0.4, 0.5) is 0 Å². The minimum absolute atomic E-state index is 0.0872. The van der Waals surface area contributed by atoms with Crippen molar-refractivity contribution in [3.05, 3.63) is 11.6 Å². The maximum atomic E-state index is 11.0. The summed E-state index contributed by atoms with van der Waals surface area (Å²) >= 11 is 0. The number of ketones is 1. The lowest BCUT2D eigenvalue weighted by atomic mass is 9.97. The third-order valence-corrected chi connectivity index (χ3v) is 2.07. The van der Waals surface area contributed by atoms with E-state index in [4.69, 9.17) is 10.8 Å². The van der Waals surface area contributed by atoms with Gasteiger partial charge in [-0.3, -0.25) is 10.2 Å². The Bertz CT molecular complexity index is 277. The van der Waals surface area contributed by atoms with Gasteiger partial charge in [0, 0.05) is 5.92 Å². The van der Waals surface area contributed by atoms with Gasteiger partial charge in [0.15, 0.2) is 0 Å². The van der Waals surface area contributed by atoms with Crippen LogP contribution in [0, 0.1) is 16.7 Å². The molecule has 0 radical (unpaired) electrons. The molecule has 0 saturated heterocycles. The Morgan fingerprint density at radius 1 is 1.23 bits per heavy atom. The Morgan fingerprint density at radius 2 is 1.69 bits per heavy atom. The van der Waals surface area contributed by atoms with Crippen molar-refractivity contribution < 1.29 is 4.79 Å². The first-order valence-electron chi connectivity index (χ1n) is 4.19. The van der Waals surface area contributed by atoms with Crippen molar-refractivity contribution in [3.63, 3.8) is 0 Å². The number of allylic oxidation sites excluding steroid dienone is 2. The molecule has 2 N–H and O–H groups in total. The second kappa shape index (κ2) is 4.70. The van der Waals surface area contributed by atoms with Crippen LogP contribution in [-0.4, -0.2) is 17.2 Å². The third kappa shape index (κ3) is 3.78. The van der Waals surface area contributed by atoms with Crippen LogP contribution >= 0.6 is 0 Å². The molecule has 0 amide bonds. The molecule has 1 unspecified atom stereocenters. The van der Waals surface area contributed by atoms with Crippen molar-refractivity contribution in [2.75, 3.05) is 0 Å². The summed E-state index contributed by atoms with van der Waals surface area (Å²) in [5.41, 5.74) is 1.23. The van der Waals surface area contributed by atoms with E-state index in [-0.39, 0.29) is 23.1 Å². The van der Waals surface area contributed by atoms with Gasteiger partial charge < -0.3 is 5.41 Å². The van der Waals surface area contributed by atoms with Crippen LogP contribution in [0.3, 0.4) is 0 Å². The topological polar surface area (TPSA) is 64.8 Å². The molecule has 0 saturated carbocycles. The van der Waals surface area contributed by atoms with Gasteiger partial charge in [-0.15, -0.1) is 0 Å². The molecule has 0 aliphatic rings. The second-order valence-electron chi connectivity index (χ2n) is 3.26. The molecular weight excluding hydrogens is 164 g/mol. The van der Waals surface area contributed by atoms with Gasteiger partial charge in [-0.25, -0.2) is 0 Å². The zero-order valence-electron chi connectivity index (χ0n) is 8.56. The average molecular weight is 180 g/mol. The van der Waals surface area contributed by atoms with Crippen molar-refractivity contribution >= 4 is 17.2 Å². The number of Topliss-reactive ketones (excluding diaryl/α,β-unsaturated/α-hetero) is 1. The highest BCUT2D eigenvalue weighted by Gasteiger charge is 2.09. The van der Waals surface area contributed by atoms with E-state index in [0.29, 0.717) is 0 Å². The number of nitrogens with one attached hydrogen (secondary N) is 2. The van der Waals surface area contributed by atoms with E-state index in [1.165, 1.54) is 6.92 Å². The Morgan fingerprint density at radius 3 is 2.00 bits per heavy atom. The van der Waals surface area contributed by atoms with E-state index in [2.05, 4.69) is 0 Å². The number of hydrogen-bond donors (Lipinski definition) is 2. The Kier molecular flexibility index (Phi) is 4.25. The highest BCUT2D eigenvalue weighted by molar-refractivity contribution is 6.43. The van der Waals surface area contributed by atoms with E-state index in [9.17, 15) is 4.79 Å². The molecule has 0 aliphatic carbocycles. The number of carbonyl (C=O) groups is 1. The predicted molar refractivity (Wildman–Crippen MR) is 54.7 cm³/mol. The molecule has 0 spiro atoms. The van der Waals surface area contributed by atoms with Gasteiger partial charge in [-0.05, 0) is 26.8 Å². The minimum Gasteiger partial charge on any atom is -0.303 e. The van der Waals surface area contributed by atoms with Gasteiger partial charge in [0.25, 0.3) is 0 Å². The van der Waals surface area contributed by atoms with Crippen molar-refractivity contribution in [3.8, 4) is 0 Å². The van der Waals surface area contributed by atoms with Crippen LogP contribution in [-0.2, 0) is 4.79 Å². The highest BCUT2D eigenvalue weighted by atomic mass is 16.1. The van der Waals surface area contributed by atoms with Crippen LogP contribution < -0.4 is 0 Å². The van der Waals surface area contributed by atoms with E-state index in [1.54, 1.807) is 19.9 Å². The minimum atomic E-state index is -0.153. The molecule has 3 heteroatoms. The van der Waals surface area contributed by atoms with E-state index >= 15 is 0 Å². The first kappa shape index (κ1) is 11.8. The largest absolute Gasteiger partial charge is 0.303 e. The molecule has 0 bridgehead atoms. The molecule has 3 nitrogen and oxygen atoms in total. The fourth-order valence-electron chi connectivity index (χ4n) is 0.782. The molecule has 1 atom stereocenters. The van der Waals surface area contributed by atoms with E-state index in [1.807, 2.05) is 6.92 Å². The normalized spacial score (nSPS) is 13.7. The molecule has 0 aromatic carbocycles. The summed E-state index contributed by atoms with van der Waals surface area (Å²) in [7, 11) is 0. The van der Waals surface area contributed by atoms with Crippen molar-refractivity contribution in [2.45, 2.75) is 27.7 Å². The third-order valence-electron chi connectivity index (χ3n) is 2.07. The molecule has 0 aromatic rings. The molecule has 0 aromatic heterocycles. The number of hydrogen-bond acceptors (Lipinski definition) is 3. The van der Waals surface area contributed by atoms with Crippen molar-refractivity contribution in [1.29, 1.82) is 10.8 Å². The quantitative estimate of drug-likeness (QED) is 0.640. The lowest BCUT2D eigenvalue weighted by molar-refractivity contribution is -0.119. The second-order valence-corrected chi connectivity index (χ2v) is 3.26. The van der Waals surface area contributed by atoms with Crippen molar-refractivity contribution in [2.24, 2.45) is 5.92 Å². The van der Waals surface area contributed by atoms with Crippen LogP contribution in [0.1, 0.15) is 27.7 Å². The maximum absolute atomic E-state index is 11.0. The Hall–Kier alpha value is -1.25. The van der Waals surface area contributed by atoms with Crippen LogP contribution in [0.2, 0.25) is 0 Å². The predicted octanol–water partition coefficient (Wildman–Crippen LogP) is 2.22. The van der Waals surface area contributed by atoms with E-state index < -0.39 is 0 Å². The fourth-order valence-corrected chi connectivity index (χ4v) is 0.782. The first-order valence-corrected chi connectivity index (χ1v) is 4.19. The lowest BCUT2D eigenvalue weighted by Gasteiger charge is -2.07. The monoisotopic (exact) mass is 180 g/mol. The Labute approximate surface area is 78.9 Å². The number of rotatable bonds is 4. The first-order chi connectivity index (χ1) is 5.86. The summed E-state index contributed by atoms with van der Waals surface area (Å²) in [6.45, 7) is 6.71. The number of carbonyl (C=O) groups excluding carboxylic acids is 1. The summed E-state index contributed by atoms with van der Waals surface area (Å²) in [5, 5.41) is 14.6. The molecule has 13 heavy (non-hydrogen) atoms. The summed E-state index contributed by atoms with van der Waals surface area (Å²) in [6, 6.07) is 0. The zero-order chi connectivity index (χ0) is 10.6. The molecular formula is C10H16N2O. The van der Waals surface area contributed by atoms with E-state index in [0.717, 1.165) is 5.57 Å². The maximum Gasteiger partial charge on any atom is 0.136 e. The highest BCUT2D eigenvalue weighted by Crippen LogP contribution is 2.10. The zero-order valence-corrected chi connectivity index (χ0v) is 8.56. The fraction of sp³-hybridized carbons (Fsp3) is 0.500. The summed E-state index contributed by atoms with van der Waals surface area (Å²) in [5.74, 6) is -0.0658. The Balaban J connectivity index is 4.58. The summed E-state index contributed by atoms with van der Waals surface area (Å²) < 4.78 is 0. The van der Waals surface area contributed by atoms with Gasteiger partial charge in [-0.1, -0.05) is 12.5 Å². The summed E-state index contributed by atoms with van der Waals surface area (Å²) in [4.78, 5) is 11.0. The van der Waals surface area contributed by atoms with Gasteiger partial charge in [0.05, 0.1) is 11.4 Å². The molecule has 0 heterocycles. The van der Waals surface area contributed by atoms with Crippen LogP contribution in [0.25, 0.3) is 0 Å². The van der Waals surface area contributed by atoms with Crippen LogP contribution in [0.5, 0.6) is 0 Å².